The van der Waals surface area contributed by atoms with Gasteiger partial charge in [0.25, 0.3) is 0 Å². The Hall–Kier alpha value is -2.32. The minimum Gasteiger partial charge on any atom is -0.453 e. The largest absolute Gasteiger partial charge is 0.453 e. The van der Waals surface area contributed by atoms with Gasteiger partial charge in [-0.2, -0.15) is 0 Å². The van der Waals surface area contributed by atoms with E-state index in [2.05, 4.69) is 10.3 Å². The number of anilines is 2. The van der Waals surface area contributed by atoms with Crippen molar-refractivity contribution in [3.05, 3.63) is 39.9 Å². The summed E-state index contributed by atoms with van der Waals surface area (Å²) in [6, 6.07) is 5.31. The van der Waals surface area contributed by atoms with Crippen molar-refractivity contribution in [2.45, 2.75) is 18.8 Å². The Labute approximate surface area is 165 Å². The fourth-order valence-corrected chi connectivity index (χ4v) is 4.75. The van der Waals surface area contributed by atoms with Gasteiger partial charge in [0.2, 0.25) is 0 Å². The van der Waals surface area contributed by atoms with Crippen LogP contribution in [0.3, 0.4) is 0 Å². The number of methoxy groups -OCH3 is 1. The summed E-state index contributed by atoms with van der Waals surface area (Å²) in [6.45, 7) is 3.44. The lowest BCUT2D eigenvalue weighted by Gasteiger charge is -2.25. The smallest absolute Gasteiger partial charge is 0.409 e. The highest BCUT2D eigenvalue weighted by Crippen LogP contribution is 2.47. The number of nitrogens with one attached hydrogen (secondary N) is 1. The third-order valence-corrected chi connectivity index (χ3v) is 6.26. The topological polar surface area (TPSA) is 74.8 Å². The van der Waals surface area contributed by atoms with Gasteiger partial charge in [-0.1, -0.05) is 11.6 Å². The molecule has 3 amide bonds. The van der Waals surface area contributed by atoms with Crippen LogP contribution in [0.25, 0.3) is 0 Å². The molecule has 3 heterocycles. The van der Waals surface area contributed by atoms with Gasteiger partial charge in [0.15, 0.2) is 5.13 Å². The molecule has 2 aromatic rings. The number of aryl methyl sites for hydroxylation is 1. The first-order chi connectivity index (χ1) is 12.9. The molecule has 1 unspecified atom stereocenters. The van der Waals surface area contributed by atoms with Gasteiger partial charge in [-0.15, -0.1) is 11.3 Å². The Morgan fingerprint density at radius 1 is 1.37 bits per heavy atom. The lowest BCUT2D eigenvalue weighted by molar-refractivity contribution is 0.131. The number of benzene rings is 1. The maximum absolute atomic E-state index is 12.9. The van der Waals surface area contributed by atoms with Crippen LogP contribution >= 0.6 is 22.9 Å². The summed E-state index contributed by atoms with van der Waals surface area (Å²) in [5.74, 6) is 0. The van der Waals surface area contributed by atoms with Crippen molar-refractivity contribution in [3.8, 4) is 0 Å². The first kappa shape index (κ1) is 18.1. The van der Waals surface area contributed by atoms with Crippen LogP contribution in [0.2, 0.25) is 5.02 Å². The molecule has 1 atom stereocenters. The number of nitrogens with zero attached hydrogens (tertiary/aromatic N) is 3. The number of hydrogen-bond acceptors (Lipinski definition) is 5. The summed E-state index contributed by atoms with van der Waals surface area (Å²) >= 11 is 7.63. The van der Waals surface area contributed by atoms with E-state index in [0.717, 1.165) is 23.4 Å². The van der Waals surface area contributed by atoms with Crippen LogP contribution in [-0.4, -0.2) is 48.8 Å². The Morgan fingerprint density at radius 3 is 2.89 bits per heavy atom. The lowest BCUT2D eigenvalue weighted by Crippen LogP contribution is -2.41. The van der Waals surface area contributed by atoms with Crippen LogP contribution in [0.4, 0.5) is 20.4 Å². The fraction of sp³-hybridized carbons (Fsp3) is 0.389. The van der Waals surface area contributed by atoms with Gasteiger partial charge in [-0.3, -0.25) is 10.2 Å². The number of carbonyl (C=O) groups excluding carboxylic acids is 2. The summed E-state index contributed by atoms with van der Waals surface area (Å²) in [5.41, 5.74) is 2.33. The SMILES string of the molecule is COC(=O)N1CCC2(C1)CN(C(=O)Nc1nc(C)cs1)c1ccc(Cl)cc12. The van der Waals surface area contributed by atoms with Crippen LogP contribution < -0.4 is 10.2 Å². The molecule has 1 N–H and O–H groups in total. The van der Waals surface area contributed by atoms with Gasteiger partial charge in [0.05, 0.1) is 12.8 Å². The summed E-state index contributed by atoms with van der Waals surface area (Å²) < 4.78 is 4.87. The van der Waals surface area contributed by atoms with E-state index >= 15 is 0 Å². The Kier molecular flexibility index (Phi) is 4.47. The molecule has 27 heavy (non-hydrogen) atoms. The molecule has 0 saturated carbocycles. The van der Waals surface area contributed by atoms with Crippen LogP contribution in [0, 0.1) is 6.92 Å². The van der Waals surface area contributed by atoms with Gasteiger partial charge in [-0.05, 0) is 37.1 Å². The summed E-state index contributed by atoms with van der Waals surface area (Å²) in [4.78, 5) is 32.6. The number of urea groups is 1. The van der Waals surface area contributed by atoms with Crippen LogP contribution in [-0.2, 0) is 10.2 Å². The molecule has 9 heteroatoms. The third-order valence-electron chi connectivity index (χ3n) is 5.15. The molecule has 142 valence electrons. The van der Waals surface area contributed by atoms with E-state index in [1.165, 1.54) is 18.4 Å². The highest BCUT2D eigenvalue weighted by molar-refractivity contribution is 7.13. The minimum atomic E-state index is -0.350. The highest BCUT2D eigenvalue weighted by atomic mass is 35.5. The number of thiazole rings is 1. The van der Waals surface area contributed by atoms with Crippen LogP contribution in [0.1, 0.15) is 17.7 Å². The van der Waals surface area contributed by atoms with Crippen molar-refractivity contribution < 1.29 is 14.3 Å². The molecule has 1 aromatic carbocycles. The molecule has 1 aromatic heterocycles. The molecule has 1 fully saturated rings. The second-order valence-electron chi connectivity index (χ2n) is 6.89. The molecule has 7 nitrogen and oxygen atoms in total. The number of halogens is 1. The minimum absolute atomic E-state index is 0.235. The number of aromatic nitrogens is 1. The Balaban J connectivity index is 1.64. The van der Waals surface area contributed by atoms with Crippen molar-refractivity contribution in [1.29, 1.82) is 0 Å². The first-order valence-electron chi connectivity index (χ1n) is 8.55. The van der Waals surface area contributed by atoms with E-state index in [4.69, 9.17) is 16.3 Å². The molecular formula is C18H19ClN4O3S. The normalized spacial score (nSPS) is 20.9. The Bertz CT molecular complexity index is 918. The number of amides is 3. The third kappa shape index (κ3) is 3.12. The quantitative estimate of drug-likeness (QED) is 0.780. The van der Waals surface area contributed by atoms with Crippen molar-refractivity contribution >= 4 is 45.9 Å². The first-order valence-corrected chi connectivity index (χ1v) is 9.81. The van der Waals surface area contributed by atoms with Crippen LogP contribution in [0.15, 0.2) is 23.6 Å². The fourth-order valence-electron chi connectivity index (χ4n) is 3.90. The lowest BCUT2D eigenvalue weighted by atomic mass is 9.81. The van der Waals surface area contributed by atoms with Gasteiger partial charge in [0, 0.05) is 41.1 Å². The zero-order valence-corrected chi connectivity index (χ0v) is 16.6. The monoisotopic (exact) mass is 406 g/mol. The van der Waals surface area contributed by atoms with Gasteiger partial charge in [0.1, 0.15) is 0 Å². The number of rotatable bonds is 1. The Morgan fingerprint density at radius 2 is 2.19 bits per heavy atom. The maximum Gasteiger partial charge on any atom is 0.409 e. The average Bonchev–Trinajstić information content (AvgIpc) is 3.34. The average molecular weight is 407 g/mol. The van der Waals surface area contributed by atoms with Crippen LogP contribution in [0.5, 0.6) is 0 Å². The highest BCUT2D eigenvalue weighted by Gasteiger charge is 2.50. The van der Waals surface area contributed by atoms with E-state index in [1.54, 1.807) is 15.9 Å². The van der Waals surface area contributed by atoms with E-state index in [-0.39, 0.29) is 17.5 Å². The molecule has 2 aliphatic heterocycles. The predicted molar refractivity (Wildman–Crippen MR) is 105 cm³/mol. The van der Waals surface area contributed by atoms with Gasteiger partial charge < -0.3 is 9.64 Å². The summed E-state index contributed by atoms with van der Waals surface area (Å²) in [6.07, 6.45) is 0.395. The summed E-state index contributed by atoms with van der Waals surface area (Å²) in [7, 11) is 1.38. The number of fused-ring (bicyclic) bond motifs is 2. The zero-order chi connectivity index (χ0) is 19.2. The molecule has 1 saturated heterocycles. The molecule has 0 aliphatic carbocycles. The molecule has 0 radical (unpaired) electrons. The molecule has 4 rings (SSSR count). The van der Waals surface area contributed by atoms with Crippen molar-refractivity contribution in [2.24, 2.45) is 0 Å². The number of hydrogen-bond donors (Lipinski definition) is 1. The second-order valence-corrected chi connectivity index (χ2v) is 8.19. The van der Waals surface area contributed by atoms with E-state index in [9.17, 15) is 9.59 Å². The summed E-state index contributed by atoms with van der Waals surface area (Å²) in [5, 5.41) is 5.94. The molecular weight excluding hydrogens is 388 g/mol. The van der Waals surface area contributed by atoms with Gasteiger partial charge in [-0.25, -0.2) is 14.6 Å². The number of likely N-dealkylation sites (tertiary alicyclic amines) is 1. The second kappa shape index (κ2) is 6.69. The molecule has 2 aliphatic rings. The standard InChI is InChI=1S/C18H19ClN4O3S/c1-11-8-27-15(20-11)21-16(24)23-10-18(5-6-22(9-18)17(25)26-2)13-7-12(19)3-4-14(13)23/h3-4,7-8H,5-6,9-10H2,1-2H3,(H,20,21,24). The van der Waals surface area contributed by atoms with Gasteiger partial charge >= 0.3 is 12.1 Å². The zero-order valence-electron chi connectivity index (χ0n) is 15.0. The molecule has 0 bridgehead atoms. The maximum atomic E-state index is 12.9. The van der Waals surface area contributed by atoms with E-state index < -0.39 is 0 Å². The molecule has 1 spiro atoms. The number of ether oxygens (including phenoxy) is 1. The van der Waals surface area contributed by atoms with E-state index in [1.807, 2.05) is 24.4 Å². The van der Waals surface area contributed by atoms with Crippen molar-refractivity contribution in [3.63, 3.8) is 0 Å². The van der Waals surface area contributed by atoms with E-state index in [0.29, 0.717) is 29.8 Å². The predicted octanol–water partition coefficient (Wildman–Crippen LogP) is 3.87. The number of carbonyl (C=O) groups is 2. The van der Waals surface area contributed by atoms with Crippen molar-refractivity contribution in [2.75, 3.05) is 37.0 Å². The van der Waals surface area contributed by atoms with Crippen molar-refractivity contribution in [1.82, 2.24) is 9.88 Å².